The highest BCUT2D eigenvalue weighted by molar-refractivity contribution is 5.86. The minimum Gasteiger partial charge on any atom is -0.460 e. The zero-order valence-electron chi connectivity index (χ0n) is 17.6. The smallest absolute Gasteiger partial charge is 0.374 e. The Kier molecular flexibility index (Phi) is 10.0. The lowest BCUT2D eigenvalue weighted by atomic mass is 9.91. The van der Waals surface area contributed by atoms with Gasteiger partial charge in [-0.05, 0) is 46.8 Å². The first-order chi connectivity index (χ1) is 11.8. The predicted molar refractivity (Wildman–Crippen MR) is 102 cm³/mol. The topological polar surface area (TPSA) is 51.9 Å². The third-order valence-corrected chi connectivity index (χ3v) is 3.82. The van der Waals surface area contributed by atoms with Crippen LogP contribution in [0.4, 0.5) is 0 Å². The lowest BCUT2D eigenvalue weighted by Crippen LogP contribution is -2.62. The predicted octanol–water partition coefficient (Wildman–Crippen LogP) is 4.90. The van der Waals surface area contributed by atoms with Gasteiger partial charge < -0.3 is 13.9 Å². The summed E-state index contributed by atoms with van der Waals surface area (Å²) in [5, 5.41) is 0. The molecule has 1 aromatic heterocycles. The molecule has 1 aliphatic rings. The summed E-state index contributed by atoms with van der Waals surface area (Å²) in [6.07, 6.45) is 0. The van der Waals surface area contributed by atoms with Gasteiger partial charge in [-0.3, -0.25) is 4.90 Å². The lowest BCUT2D eigenvalue weighted by Gasteiger charge is -2.52. The summed E-state index contributed by atoms with van der Waals surface area (Å²) >= 11 is 0. The number of hydrogen-bond acceptors (Lipinski definition) is 5. The summed E-state index contributed by atoms with van der Waals surface area (Å²) in [5.74, 6) is 0.612. The first-order valence-electron chi connectivity index (χ1n) is 9.37. The van der Waals surface area contributed by atoms with Gasteiger partial charge >= 0.3 is 5.97 Å². The van der Waals surface area contributed by atoms with Crippen LogP contribution in [0, 0.1) is 0 Å². The van der Waals surface area contributed by atoms with E-state index in [1.165, 1.54) is 0 Å². The average Bonchev–Trinajstić information content (AvgIpc) is 3.04. The van der Waals surface area contributed by atoms with Gasteiger partial charge in [0.1, 0.15) is 5.76 Å². The molecule has 25 heavy (non-hydrogen) atoms. The fraction of sp³-hybridized carbons (Fsp3) is 0.750. The first kappa shape index (κ1) is 23.7. The minimum atomic E-state index is -0.413. The van der Waals surface area contributed by atoms with E-state index in [1.54, 1.807) is 13.0 Å². The third kappa shape index (κ3) is 6.48. The number of morpholine rings is 1. The van der Waals surface area contributed by atoms with Crippen molar-refractivity contribution in [3.05, 3.63) is 23.7 Å². The van der Waals surface area contributed by atoms with Gasteiger partial charge in [0.15, 0.2) is 0 Å². The van der Waals surface area contributed by atoms with Crippen LogP contribution in [-0.2, 0) is 16.0 Å². The van der Waals surface area contributed by atoms with Gasteiger partial charge in [-0.25, -0.2) is 4.79 Å². The monoisotopic (exact) mass is 355 g/mol. The minimum absolute atomic E-state index is 0.0847. The van der Waals surface area contributed by atoms with E-state index in [0.29, 0.717) is 26.4 Å². The van der Waals surface area contributed by atoms with Crippen LogP contribution >= 0.6 is 0 Å². The molecule has 0 aromatic carbocycles. The highest BCUT2D eigenvalue weighted by atomic mass is 16.5. The molecular weight excluding hydrogens is 318 g/mol. The Morgan fingerprint density at radius 3 is 2.08 bits per heavy atom. The standard InChI is InChI=1S/C16H25NO4.2C2H6/c1-6-20-14(18)13-8-7-12(21-13)9-17-15(2,3)10-19-11-16(17,4)5;2*1-2/h7-8H,6,9-11H2,1-5H3;2*1-2H3. The molecule has 0 bridgehead atoms. The molecular formula is C20H37NO4. The number of furan rings is 1. The molecule has 0 atom stereocenters. The Morgan fingerprint density at radius 2 is 1.60 bits per heavy atom. The molecule has 1 aromatic rings. The maximum absolute atomic E-state index is 11.7. The molecule has 0 spiro atoms. The summed E-state index contributed by atoms with van der Waals surface area (Å²) in [5.41, 5.74) is -0.169. The van der Waals surface area contributed by atoms with E-state index in [-0.39, 0.29) is 16.8 Å². The molecule has 5 heteroatoms. The van der Waals surface area contributed by atoms with E-state index in [1.807, 2.05) is 33.8 Å². The molecule has 2 heterocycles. The van der Waals surface area contributed by atoms with Crippen molar-refractivity contribution in [2.75, 3.05) is 19.8 Å². The number of hydrogen-bond donors (Lipinski definition) is 0. The van der Waals surface area contributed by atoms with Crippen LogP contribution in [0.1, 0.15) is 78.6 Å². The molecule has 0 saturated carbocycles. The van der Waals surface area contributed by atoms with Crippen molar-refractivity contribution in [2.24, 2.45) is 0 Å². The maximum atomic E-state index is 11.7. The van der Waals surface area contributed by atoms with Crippen molar-refractivity contribution in [1.82, 2.24) is 4.90 Å². The molecule has 0 unspecified atom stereocenters. The highest BCUT2D eigenvalue weighted by Crippen LogP contribution is 2.32. The van der Waals surface area contributed by atoms with Crippen LogP contribution in [0.3, 0.4) is 0 Å². The molecule has 146 valence electrons. The van der Waals surface area contributed by atoms with Gasteiger partial charge in [-0.15, -0.1) is 0 Å². The maximum Gasteiger partial charge on any atom is 0.374 e. The van der Waals surface area contributed by atoms with E-state index >= 15 is 0 Å². The number of rotatable bonds is 4. The second-order valence-electron chi connectivity index (χ2n) is 6.69. The van der Waals surface area contributed by atoms with Crippen LogP contribution < -0.4 is 0 Å². The second kappa shape index (κ2) is 10.6. The molecule has 0 radical (unpaired) electrons. The van der Waals surface area contributed by atoms with E-state index in [4.69, 9.17) is 13.9 Å². The largest absolute Gasteiger partial charge is 0.460 e. The SMILES string of the molecule is CC.CC.CCOC(=O)c1ccc(CN2C(C)(C)COCC2(C)C)o1. The summed E-state index contributed by atoms with van der Waals surface area (Å²) in [4.78, 5) is 14.0. The first-order valence-corrected chi connectivity index (χ1v) is 9.37. The zero-order valence-corrected chi connectivity index (χ0v) is 17.6. The van der Waals surface area contributed by atoms with Gasteiger partial charge in [0.05, 0.1) is 26.4 Å². The van der Waals surface area contributed by atoms with Gasteiger partial charge in [-0.1, -0.05) is 27.7 Å². The quantitative estimate of drug-likeness (QED) is 0.719. The molecule has 1 saturated heterocycles. The van der Waals surface area contributed by atoms with E-state index in [9.17, 15) is 4.79 Å². The number of carbonyl (C=O) groups is 1. The van der Waals surface area contributed by atoms with Gasteiger partial charge in [-0.2, -0.15) is 0 Å². The molecule has 2 rings (SSSR count). The Hall–Kier alpha value is -1.33. The Morgan fingerprint density at radius 1 is 1.08 bits per heavy atom. The van der Waals surface area contributed by atoms with E-state index in [0.717, 1.165) is 5.76 Å². The molecule has 0 aliphatic carbocycles. The summed E-state index contributed by atoms with van der Waals surface area (Å²) in [6, 6.07) is 3.52. The number of nitrogens with zero attached hydrogens (tertiary/aromatic N) is 1. The molecule has 0 N–H and O–H groups in total. The van der Waals surface area contributed by atoms with Gasteiger partial charge in [0.2, 0.25) is 5.76 Å². The van der Waals surface area contributed by atoms with E-state index in [2.05, 4.69) is 32.6 Å². The van der Waals surface area contributed by atoms with Gasteiger partial charge in [0, 0.05) is 11.1 Å². The van der Waals surface area contributed by atoms with Crippen LogP contribution in [-0.4, -0.2) is 41.8 Å². The van der Waals surface area contributed by atoms with Crippen LogP contribution in [0.2, 0.25) is 0 Å². The van der Waals surface area contributed by atoms with Crippen molar-refractivity contribution < 1.29 is 18.7 Å². The van der Waals surface area contributed by atoms with Crippen molar-refractivity contribution in [1.29, 1.82) is 0 Å². The Bertz CT molecular complexity index is 490. The average molecular weight is 356 g/mol. The van der Waals surface area contributed by atoms with Crippen LogP contribution in [0.5, 0.6) is 0 Å². The van der Waals surface area contributed by atoms with Crippen LogP contribution in [0.15, 0.2) is 16.5 Å². The molecule has 1 aliphatic heterocycles. The highest BCUT2D eigenvalue weighted by Gasteiger charge is 2.42. The van der Waals surface area contributed by atoms with E-state index < -0.39 is 5.97 Å². The second-order valence-corrected chi connectivity index (χ2v) is 6.69. The third-order valence-electron chi connectivity index (χ3n) is 3.82. The Balaban J connectivity index is 0.00000134. The van der Waals surface area contributed by atoms with Crippen molar-refractivity contribution >= 4 is 5.97 Å². The Labute approximate surface area is 153 Å². The fourth-order valence-electron chi connectivity index (χ4n) is 2.88. The summed E-state index contributed by atoms with van der Waals surface area (Å²) in [7, 11) is 0. The number of esters is 1. The van der Waals surface area contributed by atoms with Crippen LogP contribution in [0.25, 0.3) is 0 Å². The lowest BCUT2D eigenvalue weighted by molar-refractivity contribution is -0.133. The normalized spacial score (nSPS) is 18.3. The molecule has 1 fully saturated rings. The summed E-state index contributed by atoms with van der Waals surface area (Å²) in [6.45, 7) is 20.8. The summed E-state index contributed by atoms with van der Waals surface area (Å²) < 4.78 is 16.3. The van der Waals surface area contributed by atoms with Crippen molar-refractivity contribution in [3.8, 4) is 0 Å². The fourth-order valence-corrected chi connectivity index (χ4v) is 2.88. The molecule has 5 nitrogen and oxygen atoms in total. The van der Waals surface area contributed by atoms with Crippen molar-refractivity contribution in [2.45, 2.75) is 79.9 Å². The van der Waals surface area contributed by atoms with Gasteiger partial charge in [0.25, 0.3) is 0 Å². The number of carbonyl (C=O) groups excluding carboxylic acids is 1. The molecule has 0 amide bonds. The van der Waals surface area contributed by atoms with Crippen molar-refractivity contribution in [3.63, 3.8) is 0 Å². The zero-order chi connectivity index (χ0) is 19.7. The number of ether oxygens (including phenoxy) is 2.